The lowest BCUT2D eigenvalue weighted by Gasteiger charge is -2.30. The first-order valence-electron chi connectivity index (χ1n) is 7.70. The maximum Gasteiger partial charge on any atom is 0.121 e. The summed E-state index contributed by atoms with van der Waals surface area (Å²) in [6, 6.07) is 4.75. The van der Waals surface area contributed by atoms with E-state index in [1.807, 2.05) is 0 Å². The molecule has 3 nitrogen and oxygen atoms in total. The van der Waals surface area contributed by atoms with Crippen molar-refractivity contribution in [1.82, 2.24) is 4.90 Å². The van der Waals surface area contributed by atoms with Crippen LogP contribution in [0, 0.1) is 11.8 Å². The quantitative estimate of drug-likeness (QED) is 0.910. The molecular formula is C16H26N2O. The maximum absolute atomic E-state index is 6.18. The van der Waals surface area contributed by atoms with E-state index in [4.69, 9.17) is 10.2 Å². The minimum atomic E-state index is 0.371. The van der Waals surface area contributed by atoms with Gasteiger partial charge in [0.1, 0.15) is 11.5 Å². The Balaban J connectivity index is 1.82. The normalized spacial score (nSPS) is 36.2. The van der Waals surface area contributed by atoms with Crippen molar-refractivity contribution in [3.05, 3.63) is 23.7 Å². The van der Waals surface area contributed by atoms with Crippen molar-refractivity contribution >= 4 is 0 Å². The van der Waals surface area contributed by atoms with Crippen molar-refractivity contribution in [3.8, 4) is 0 Å². The predicted octanol–water partition coefficient (Wildman–Crippen LogP) is 3.13. The van der Waals surface area contributed by atoms with Gasteiger partial charge in [-0.2, -0.15) is 0 Å². The van der Waals surface area contributed by atoms with Crippen LogP contribution in [0.5, 0.6) is 0 Å². The van der Waals surface area contributed by atoms with Gasteiger partial charge in [-0.3, -0.25) is 4.90 Å². The number of hydrogen-bond acceptors (Lipinski definition) is 3. The van der Waals surface area contributed by atoms with E-state index in [0.29, 0.717) is 17.9 Å². The molecule has 0 aromatic carbocycles. The minimum absolute atomic E-state index is 0.371. The van der Waals surface area contributed by atoms with Crippen LogP contribution in [0.3, 0.4) is 0 Å². The summed E-state index contributed by atoms with van der Waals surface area (Å²) in [4.78, 5) is 2.43. The van der Waals surface area contributed by atoms with Crippen LogP contribution in [0.1, 0.15) is 56.1 Å². The first kappa shape index (κ1) is 13.2. The third-order valence-corrected chi connectivity index (χ3v) is 4.97. The SMILES string of the molecule is CC1CC1c1ccc(C2C(CN)CCCCN2C)o1. The Morgan fingerprint density at radius 3 is 2.74 bits per heavy atom. The molecule has 0 bridgehead atoms. The molecule has 1 aliphatic carbocycles. The van der Waals surface area contributed by atoms with E-state index >= 15 is 0 Å². The van der Waals surface area contributed by atoms with Crippen LogP contribution < -0.4 is 5.73 Å². The number of furan rings is 1. The number of rotatable bonds is 3. The van der Waals surface area contributed by atoms with Crippen molar-refractivity contribution in [2.75, 3.05) is 20.1 Å². The van der Waals surface area contributed by atoms with Crippen molar-refractivity contribution < 1.29 is 4.42 Å². The highest BCUT2D eigenvalue weighted by atomic mass is 16.3. The highest BCUT2D eigenvalue weighted by Crippen LogP contribution is 2.48. The van der Waals surface area contributed by atoms with Crippen LogP contribution in [0.2, 0.25) is 0 Å². The van der Waals surface area contributed by atoms with Gasteiger partial charge in [0.2, 0.25) is 0 Å². The van der Waals surface area contributed by atoms with Crippen LogP contribution in [0.4, 0.5) is 0 Å². The molecule has 3 rings (SSSR count). The fourth-order valence-electron chi connectivity index (χ4n) is 3.57. The Kier molecular flexibility index (Phi) is 3.68. The summed E-state index contributed by atoms with van der Waals surface area (Å²) in [6.07, 6.45) is 5.07. The van der Waals surface area contributed by atoms with Gasteiger partial charge in [-0.05, 0) is 63.4 Å². The summed E-state index contributed by atoms with van der Waals surface area (Å²) >= 11 is 0. The monoisotopic (exact) mass is 262 g/mol. The van der Waals surface area contributed by atoms with Gasteiger partial charge in [0.15, 0.2) is 0 Å². The van der Waals surface area contributed by atoms with Crippen molar-refractivity contribution in [2.45, 2.75) is 44.6 Å². The van der Waals surface area contributed by atoms with Crippen molar-refractivity contribution in [1.29, 1.82) is 0 Å². The molecule has 4 atom stereocenters. The predicted molar refractivity (Wildman–Crippen MR) is 77.0 cm³/mol. The topological polar surface area (TPSA) is 42.4 Å². The van der Waals surface area contributed by atoms with Gasteiger partial charge in [-0.25, -0.2) is 0 Å². The van der Waals surface area contributed by atoms with Gasteiger partial charge in [-0.1, -0.05) is 13.3 Å². The second-order valence-corrected chi connectivity index (χ2v) is 6.48. The molecule has 1 aromatic heterocycles. The molecule has 1 aromatic rings. The summed E-state index contributed by atoms with van der Waals surface area (Å²) in [5, 5.41) is 0. The first-order valence-corrected chi connectivity index (χ1v) is 7.70. The van der Waals surface area contributed by atoms with Crippen LogP contribution in [0.25, 0.3) is 0 Å². The van der Waals surface area contributed by atoms with Crippen molar-refractivity contribution in [2.24, 2.45) is 17.6 Å². The Labute approximate surface area is 116 Å². The largest absolute Gasteiger partial charge is 0.464 e. The zero-order valence-electron chi connectivity index (χ0n) is 12.1. The molecule has 1 saturated carbocycles. The molecule has 2 N–H and O–H groups in total. The summed E-state index contributed by atoms with van der Waals surface area (Å²) < 4.78 is 6.18. The van der Waals surface area contributed by atoms with E-state index in [1.165, 1.54) is 31.4 Å². The number of likely N-dealkylation sites (tertiary alicyclic amines) is 1. The minimum Gasteiger partial charge on any atom is -0.464 e. The molecule has 1 aliphatic heterocycles. The van der Waals surface area contributed by atoms with Gasteiger partial charge in [-0.15, -0.1) is 0 Å². The molecule has 4 unspecified atom stereocenters. The maximum atomic E-state index is 6.18. The second kappa shape index (κ2) is 5.29. The van der Waals surface area contributed by atoms with E-state index in [1.54, 1.807) is 0 Å². The molecule has 3 heteroatoms. The highest BCUT2D eigenvalue weighted by Gasteiger charge is 2.38. The molecule has 0 spiro atoms. The number of nitrogens with two attached hydrogens (primary N) is 1. The molecule has 0 amide bonds. The van der Waals surface area contributed by atoms with Crippen molar-refractivity contribution in [3.63, 3.8) is 0 Å². The average Bonchev–Trinajstić information content (AvgIpc) is 2.99. The summed E-state index contributed by atoms with van der Waals surface area (Å²) in [5.74, 6) is 4.32. The Morgan fingerprint density at radius 2 is 2.05 bits per heavy atom. The average molecular weight is 262 g/mol. The zero-order chi connectivity index (χ0) is 13.4. The highest BCUT2D eigenvalue weighted by molar-refractivity contribution is 5.20. The molecule has 1 saturated heterocycles. The van der Waals surface area contributed by atoms with Gasteiger partial charge in [0.25, 0.3) is 0 Å². The molecule has 2 fully saturated rings. The smallest absolute Gasteiger partial charge is 0.121 e. The summed E-state index contributed by atoms with van der Waals surface area (Å²) in [7, 11) is 2.21. The van der Waals surface area contributed by atoms with Crippen LogP contribution in [-0.4, -0.2) is 25.0 Å². The van der Waals surface area contributed by atoms with Gasteiger partial charge < -0.3 is 10.2 Å². The third-order valence-electron chi connectivity index (χ3n) is 4.97. The third kappa shape index (κ3) is 2.59. The van der Waals surface area contributed by atoms with E-state index in [0.717, 1.165) is 24.8 Å². The van der Waals surface area contributed by atoms with Crippen LogP contribution in [-0.2, 0) is 0 Å². The van der Waals surface area contributed by atoms with E-state index in [-0.39, 0.29) is 0 Å². The molecular weight excluding hydrogens is 236 g/mol. The van der Waals surface area contributed by atoms with Gasteiger partial charge in [0, 0.05) is 5.92 Å². The molecule has 2 heterocycles. The second-order valence-electron chi connectivity index (χ2n) is 6.48. The van der Waals surface area contributed by atoms with Gasteiger partial charge >= 0.3 is 0 Å². The van der Waals surface area contributed by atoms with E-state index in [9.17, 15) is 0 Å². The van der Waals surface area contributed by atoms with E-state index in [2.05, 4.69) is 31.0 Å². The number of nitrogens with zero attached hydrogens (tertiary/aromatic N) is 1. The summed E-state index contributed by atoms with van der Waals surface area (Å²) in [6.45, 7) is 4.20. The van der Waals surface area contributed by atoms with Crippen LogP contribution >= 0.6 is 0 Å². The van der Waals surface area contributed by atoms with E-state index < -0.39 is 0 Å². The molecule has 19 heavy (non-hydrogen) atoms. The Hall–Kier alpha value is -0.800. The fraction of sp³-hybridized carbons (Fsp3) is 0.750. The Morgan fingerprint density at radius 1 is 1.32 bits per heavy atom. The molecule has 106 valence electrons. The lowest BCUT2D eigenvalue weighted by Crippen LogP contribution is -2.32. The zero-order valence-corrected chi connectivity index (χ0v) is 12.1. The number of hydrogen-bond donors (Lipinski definition) is 1. The van der Waals surface area contributed by atoms with Gasteiger partial charge in [0.05, 0.1) is 6.04 Å². The summed E-state index contributed by atoms with van der Waals surface area (Å²) in [5.41, 5.74) is 6.00. The molecule has 0 radical (unpaired) electrons. The fourth-order valence-corrected chi connectivity index (χ4v) is 3.57. The lowest BCUT2D eigenvalue weighted by atomic mass is 9.93. The Bertz CT molecular complexity index is 428. The molecule has 2 aliphatic rings. The lowest BCUT2D eigenvalue weighted by molar-refractivity contribution is 0.167. The standard InChI is InChI=1S/C16H26N2O/c1-11-9-13(11)14-6-7-15(19-14)16-12(10-17)5-3-4-8-18(16)2/h6-7,11-13,16H,3-5,8-10,17H2,1-2H3. The van der Waals surface area contributed by atoms with Crippen LogP contribution in [0.15, 0.2) is 16.5 Å². The first-order chi connectivity index (χ1) is 9.20.